The molecule has 3 N–H and O–H groups in total. The minimum Gasteiger partial charge on any atom is -0.460 e. The number of nitrogens with two attached hydrogens (primary N) is 1. The maximum absolute atomic E-state index is 14.3. The zero-order chi connectivity index (χ0) is 36.8. The summed E-state index contributed by atoms with van der Waals surface area (Å²) in [5.74, 6) is -0.0692. The first-order chi connectivity index (χ1) is 25.0. The summed E-state index contributed by atoms with van der Waals surface area (Å²) in [6, 6.07) is 6.22. The van der Waals surface area contributed by atoms with Crippen molar-refractivity contribution in [1.82, 2.24) is 9.80 Å². The van der Waals surface area contributed by atoms with Crippen LogP contribution in [0.4, 0.5) is 10.1 Å². The number of rotatable bonds is 13. The van der Waals surface area contributed by atoms with Crippen molar-refractivity contribution < 1.29 is 37.4 Å². The first kappa shape index (κ1) is 38.7. The molecule has 52 heavy (non-hydrogen) atoms. The molecule has 3 atom stereocenters. The number of alkyl halides is 1. The molecule has 1 aromatic carbocycles. The fourth-order valence-electron chi connectivity index (χ4n) is 9.30. The van der Waals surface area contributed by atoms with E-state index in [4.69, 9.17) is 24.4 Å². The number of morpholine rings is 1. The maximum Gasteiger partial charge on any atom is 0.374 e. The van der Waals surface area contributed by atoms with Crippen molar-refractivity contribution in [2.75, 3.05) is 58.5 Å². The number of hydrogen-bond acceptors (Lipinski definition) is 9. The second-order valence-corrected chi connectivity index (χ2v) is 16.2. The van der Waals surface area contributed by atoms with Gasteiger partial charge in [-0.05, 0) is 126 Å². The van der Waals surface area contributed by atoms with Crippen LogP contribution < -0.4 is 11.1 Å². The molecule has 0 unspecified atom stereocenters. The van der Waals surface area contributed by atoms with Crippen LogP contribution >= 0.6 is 0 Å². The van der Waals surface area contributed by atoms with Gasteiger partial charge in [0.15, 0.2) is 0 Å². The van der Waals surface area contributed by atoms with Gasteiger partial charge in [-0.3, -0.25) is 18.9 Å². The number of furan rings is 1. The predicted octanol–water partition coefficient (Wildman–Crippen LogP) is 5.94. The largest absolute Gasteiger partial charge is 0.460 e. The molecule has 4 fully saturated rings. The Hall–Kier alpha value is -3.06. The highest BCUT2D eigenvalue weighted by molar-refractivity contribution is 6.00. The van der Waals surface area contributed by atoms with E-state index >= 15 is 0 Å². The summed E-state index contributed by atoms with van der Waals surface area (Å²) in [4.78, 5) is 45.4. The van der Waals surface area contributed by atoms with Crippen molar-refractivity contribution in [3.8, 4) is 0 Å². The van der Waals surface area contributed by atoms with Crippen molar-refractivity contribution in [2.24, 2.45) is 29.4 Å². The minimum atomic E-state index is -0.572. The molecule has 1 aromatic heterocycles. The van der Waals surface area contributed by atoms with E-state index in [2.05, 4.69) is 24.1 Å². The van der Waals surface area contributed by atoms with Crippen LogP contribution in [0.15, 0.2) is 28.7 Å². The van der Waals surface area contributed by atoms with E-state index in [0.29, 0.717) is 61.4 Å². The van der Waals surface area contributed by atoms with E-state index in [1.165, 1.54) is 0 Å². The van der Waals surface area contributed by atoms with Crippen LogP contribution in [0.25, 0.3) is 11.0 Å². The molecule has 0 bridgehead atoms. The average Bonchev–Trinajstić information content (AvgIpc) is 3.78. The molecule has 288 valence electrons. The number of esters is 1. The summed E-state index contributed by atoms with van der Waals surface area (Å²) in [6.45, 7) is 7.81. The smallest absolute Gasteiger partial charge is 0.374 e. The Morgan fingerprint density at radius 3 is 2.52 bits per heavy atom. The van der Waals surface area contributed by atoms with E-state index < -0.39 is 18.7 Å². The summed E-state index contributed by atoms with van der Waals surface area (Å²) in [6.07, 6.45) is 8.99. The second kappa shape index (κ2) is 17.4. The number of hydrogen-bond donors (Lipinski definition) is 2. The number of likely N-dealkylation sites (tertiary alicyclic amines) is 1. The topological polar surface area (TPSA) is 137 Å². The Morgan fingerprint density at radius 1 is 1.04 bits per heavy atom. The average molecular weight is 727 g/mol. The number of halogens is 1. The molecule has 4 aliphatic rings. The third-order valence-corrected chi connectivity index (χ3v) is 12.2. The lowest BCUT2D eigenvalue weighted by molar-refractivity contribution is -0.142. The van der Waals surface area contributed by atoms with Crippen LogP contribution in [-0.4, -0.2) is 105 Å². The van der Waals surface area contributed by atoms with Crippen molar-refractivity contribution >= 4 is 34.4 Å². The van der Waals surface area contributed by atoms with Gasteiger partial charge in [0.05, 0.1) is 31.6 Å². The Balaban J connectivity index is 1.09. The lowest BCUT2D eigenvalue weighted by atomic mass is 9.75. The highest BCUT2D eigenvalue weighted by Gasteiger charge is 2.47. The number of nitrogens with one attached hydrogen (secondary N) is 1. The summed E-state index contributed by atoms with van der Waals surface area (Å²) < 4.78 is 35.7. The van der Waals surface area contributed by atoms with Gasteiger partial charge in [-0.15, -0.1) is 0 Å². The normalized spacial score (nSPS) is 28.8. The molecular weight excluding hydrogens is 667 g/mol. The maximum atomic E-state index is 14.3. The fraction of sp³-hybridized carbons (Fsp3) is 0.725. The van der Waals surface area contributed by atoms with Gasteiger partial charge in [-0.25, -0.2) is 4.79 Å². The standard InChI is InChI=1S/C40H59FN4O7/c1-40(2)25-44(20-22-51-40)18-4-21-50-39(48)35-24-29-23-30(11-14-34(29)52-35)43-37(46)36-32(26-9-12-31(49-3)13-10-26)16-19-45(36)38(47)28-7-5-27(6-8-28)33(42)15-17-41/h11,14,23-24,26-28,31-33,36H,4-10,12-13,15-22,25,42H2,1-3H3,(H,43,46)/t26?,27?,28?,31?,32-,33+,36-/m0/s1. The van der Waals surface area contributed by atoms with E-state index in [9.17, 15) is 18.8 Å². The number of benzene rings is 1. The van der Waals surface area contributed by atoms with Crippen LogP contribution in [0.2, 0.25) is 0 Å². The number of methoxy groups -OCH3 is 1. The molecular formula is C40H59FN4O7. The van der Waals surface area contributed by atoms with Gasteiger partial charge in [0.1, 0.15) is 11.6 Å². The zero-order valence-electron chi connectivity index (χ0n) is 31.3. The molecule has 11 nitrogen and oxygen atoms in total. The molecule has 3 heterocycles. The molecule has 2 aromatic rings. The SMILES string of the molecule is COC1CCC([C@@H]2CCN(C(=O)C3CCC([C@H](N)CCF)CC3)[C@@H]2C(=O)Nc2ccc3oc(C(=O)OCCCN4CCOC(C)(C)C4)cc3c2)CC1. The van der Waals surface area contributed by atoms with Crippen LogP contribution in [-0.2, 0) is 23.8 Å². The number of carbonyl (C=O) groups excluding carboxylic acids is 3. The first-order valence-corrected chi connectivity index (χ1v) is 19.6. The molecule has 2 saturated carbocycles. The lowest BCUT2D eigenvalue weighted by Crippen LogP contribution is -2.50. The van der Waals surface area contributed by atoms with E-state index in [0.717, 1.165) is 64.6 Å². The molecule has 2 aliphatic carbocycles. The van der Waals surface area contributed by atoms with Gasteiger partial charge >= 0.3 is 5.97 Å². The highest BCUT2D eigenvalue weighted by atomic mass is 19.1. The Morgan fingerprint density at radius 2 is 1.81 bits per heavy atom. The molecule has 2 amide bonds. The van der Waals surface area contributed by atoms with Crippen molar-refractivity contribution in [1.29, 1.82) is 0 Å². The van der Waals surface area contributed by atoms with Crippen LogP contribution in [0, 0.1) is 23.7 Å². The number of amides is 2. The predicted molar refractivity (Wildman–Crippen MR) is 197 cm³/mol. The summed E-state index contributed by atoms with van der Waals surface area (Å²) in [5, 5.41) is 3.80. The third-order valence-electron chi connectivity index (χ3n) is 12.2. The number of fused-ring (bicyclic) bond motifs is 1. The van der Waals surface area contributed by atoms with E-state index in [1.807, 2.05) is 4.90 Å². The number of ether oxygens (including phenoxy) is 3. The lowest BCUT2D eigenvalue weighted by Gasteiger charge is -2.38. The first-order valence-electron chi connectivity index (χ1n) is 19.6. The number of carbonyl (C=O) groups is 3. The fourth-order valence-corrected chi connectivity index (χ4v) is 9.30. The van der Waals surface area contributed by atoms with Gasteiger partial charge in [0.25, 0.3) is 0 Å². The van der Waals surface area contributed by atoms with Crippen LogP contribution in [0.5, 0.6) is 0 Å². The highest BCUT2D eigenvalue weighted by Crippen LogP contribution is 2.42. The van der Waals surface area contributed by atoms with E-state index in [-0.39, 0.29) is 59.7 Å². The van der Waals surface area contributed by atoms with Gasteiger partial charge < -0.3 is 34.6 Å². The van der Waals surface area contributed by atoms with E-state index in [1.54, 1.807) is 31.4 Å². The van der Waals surface area contributed by atoms with Gasteiger partial charge in [0, 0.05) is 56.3 Å². The molecule has 2 aliphatic heterocycles. The van der Waals surface area contributed by atoms with Gasteiger partial charge in [-0.1, -0.05) is 0 Å². The van der Waals surface area contributed by atoms with Gasteiger partial charge in [0.2, 0.25) is 17.6 Å². The van der Waals surface area contributed by atoms with Crippen LogP contribution in [0.3, 0.4) is 0 Å². The van der Waals surface area contributed by atoms with Gasteiger partial charge in [-0.2, -0.15) is 0 Å². The monoisotopic (exact) mass is 726 g/mol. The Kier molecular flexibility index (Phi) is 12.9. The Labute approximate surface area is 307 Å². The summed E-state index contributed by atoms with van der Waals surface area (Å²) in [7, 11) is 1.76. The van der Waals surface area contributed by atoms with Crippen molar-refractivity contribution in [3.63, 3.8) is 0 Å². The summed E-state index contributed by atoms with van der Waals surface area (Å²) >= 11 is 0. The second-order valence-electron chi connectivity index (χ2n) is 16.2. The van der Waals surface area contributed by atoms with Crippen molar-refractivity contribution in [2.45, 2.75) is 108 Å². The quantitative estimate of drug-likeness (QED) is 0.190. The molecule has 0 spiro atoms. The molecule has 6 rings (SSSR count). The molecule has 0 radical (unpaired) electrons. The third kappa shape index (κ3) is 9.35. The Bertz CT molecular complexity index is 1520. The minimum absolute atomic E-state index is 0.0490. The molecule has 2 saturated heterocycles. The number of anilines is 1. The molecule has 12 heteroatoms. The van der Waals surface area contributed by atoms with Crippen molar-refractivity contribution in [3.05, 3.63) is 30.0 Å². The zero-order valence-corrected chi connectivity index (χ0v) is 31.3. The van der Waals surface area contributed by atoms with Crippen LogP contribution in [0.1, 0.15) is 95.0 Å². The summed E-state index contributed by atoms with van der Waals surface area (Å²) in [5.41, 5.74) is 7.16. The number of nitrogens with zero attached hydrogens (tertiary/aromatic N) is 2.